The highest BCUT2D eigenvalue weighted by atomic mass is 127. The summed E-state index contributed by atoms with van der Waals surface area (Å²) >= 11 is 2.41. The van der Waals surface area contributed by atoms with Crippen LogP contribution in [0.25, 0.3) is 0 Å². The van der Waals surface area contributed by atoms with Crippen molar-refractivity contribution in [1.82, 2.24) is 15.1 Å². The van der Waals surface area contributed by atoms with Crippen molar-refractivity contribution in [1.29, 1.82) is 0 Å². The number of benzene rings is 1. The number of hydrogen-bond acceptors (Lipinski definition) is 3. The summed E-state index contributed by atoms with van der Waals surface area (Å²) in [5, 5.41) is 7.79. The van der Waals surface area contributed by atoms with Crippen LogP contribution >= 0.6 is 22.6 Å². The minimum Gasteiger partial charge on any atom is -0.493 e. The Morgan fingerprint density at radius 1 is 1.45 bits per heavy atom. The number of aryl methyl sites for hydroxylation is 2. The SMILES string of the molecule is CCn1ncc(OC)c1C(NC)c1cccc(C)c1I. The van der Waals surface area contributed by atoms with Gasteiger partial charge in [0.1, 0.15) is 5.69 Å². The molecular formula is C15H20IN3O. The molecule has 1 heterocycles. The molecule has 1 aromatic carbocycles. The molecule has 0 aliphatic heterocycles. The first-order valence-corrected chi connectivity index (χ1v) is 7.73. The fourth-order valence-electron chi connectivity index (χ4n) is 2.41. The molecule has 0 amide bonds. The molecule has 108 valence electrons. The number of rotatable bonds is 5. The third-order valence-corrected chi connectivity index (χ3v) is 4.93. The maximum Gasteiger partial charge on any atom is 0.161 e. The molecule has 0 radical (unpaired) electrons. The van der Waals surface area contributed by atoms with Crippen molar-refractivity contribution >= 4 is 22.6 Å². The molecule has 2 aromatic rings. The van der Waals surface area contributed by atoms with Gasteiger partial charge in [-0.05, 0) is 54.6 Å². The predicted molar refractivity (Wildman–Crippen MR) is 89.3 cm³/mol. The van der Waals surface area contributed by atoms with Crippen LogP contribution in [0.5, 0.6) is 5.75 Å². The summed E-state index contributed by atoms with van der Waals surface area (Å²) in [6.07, 6.45) is 1.78. The second-order valence-electron chi connectivity index (χ2n) is 4.61. The monoisotopic (exact) mass is 385 g/mol. The second kappa shape index (κ2) is 6.58. The van der Waals surface area contributed by atoms with E-state index in [1.54, 1.807) is 13.3 Å². The maximum atomic E-state index is 5.48. The van der Waals surface area contributed by atoms with E-state index in [-0.39, 0.29) is 6.04 Å². The normalized spacial score (nSPS) is 12.4. The van der Waals surface area contributed by atoms with Gasteiger partial charge >= 0.3 is 0 Å². The molecular weight excluding hydrogens is 365 g/mol. The van der Waals surface area contributed by atoms with Gasteiger partial charge in [0, 0.05) is 10.1 Å². The van der Waals surface area contributed by atoms with Gasteiger partial charge in [0.2, 0.25) is 0 Å². The average Bonchev–Trinajstić information content (AvgIpc) is 2.87. The third kappa shape index (κ3) is 2.69. The summed E-state index contributed by atoms with van der Waals surface area (Å²) in [7, 11) is 3.66. The highest BCUT2D eigenvalue weighted by molar-refractivity contribution is 14.1. The van der Waals surface area contributed by atoms with Crippen LogP contribution in [0.4, 0.5) is 0 Å². The Labute approximate surface area is 133 Å². The van der Waals surface area contributed by atoms with Crippen molar-refractivity contribution < 1.29 is 4.74 Å². The first-order valence-electron chi connectivity index (χ1n) is 6.66. The van der Waals surface area contributed by atoms with Gasteiger partial charge in [0.05, 0.1) is 19.3 Å². The predicted octanol–water partition coefficient (Wildman–Crippen LogP) is 3.13. The summed E-state index contributed by atoms with van der Waals surface area (Å²) in [6, 6.07) is 6.45. The fourth-order valence-corrected chi connectivity index (χ4v) is 3.08. The molecule has 20 heavy (non-hydrogen) atoms. The summed E-state index contributed by atoms with van der Waals surface area (Å²) in [5.41, 5.74) is 3.60. The van der Waals surface area contributed by atoms with Crippen LogP contribution in [-0.4, -0.2) is 23.9 Å². The zero-order chi connectivity index (χ0) is 14.7. The Kier molecular flexibility index (Phi) is 5.04. The van der Waals surface area contributed by atoms with Crippen LogP contribution in [0.15, 0.2) is 24.4 Å². The average molecular weight is 385 g/mol. The number of nitrogens with zero attached hydrogens (tertiary/aromatic N) is 2. The lowest BCUT2D eigenvalue weighted by molar-refractivity contribution is 0.401. The number of halogens is 1. The minimum absolute atomic E-state index is 0.0687. The summed E-state index contributed by atoms with van der Waals surface area (Å²) in [6.45, 7) is 5.04. The molecule has 1 aromatic heterocycles. The number of aromatic nitrogens is 2. The highest BCUT2D eigenvalue weighted by Crippen LogP contribution is 2.33. The van der Waals surface area contributed by atoms with E-state index >= 15 is 0 Å². The zero-order valence-electron chi connectivity index (χ0n) is 12.3. The maximum absolute atomic E-state index is 5.48. The van der Waals surface area contributed by atoms with E-state index < -0.39 is 0 Å². The quantitative estimate of drug-likeness (QED) is 0.804. The van der Waals surface area contributed by atoms with Gasteiger partial charge in [-0.1, -0.05) is 18.2 Å². The molecule has 0 saturated heterocycles. The first kappa shape index (κ1) is 15.3. The van der Waals surface area contributed by atoms with E-state index in [1.807, 2.05) is 11.7 Å². The fraction of sp³-hybridized carbons (Fsp3) is 0.400. The lowest BCUT2D eigenvalue weighted by Crippen LogP contribution is -2.23. The Morgan fingerprint density at radius 2 is 2.20 bits per heavy atom. The van der Waals surface area contributed by atoms with Crippen LogP contribution in [0.1, 0.15) is 29.8 Å². The summed E-state index contributed by atoms with van der Waals surface area (Å²) in [4.78, 5) is 0. The highest BCUT2D eigenvalue weighted by Gasteiger charge is 2.23. The molecule has 0 saturated carbocycles. The molecule has 1 unspecified atom stereocenters. The molecule has 1 N–H and O–H groups in total. The first-order chi connectivity index (χ1) is 9.63. The van der Waals surface area contributed by atoms with Crippen molar-refractivity contribution in [2.75, 3.05) is 14.2 Å². The lowest BCUT2D eigenvalue weighted by Gasteiger charge is -2.21. The van der Waals surface area contributed by atoms with E-state index in [0.717, 1.165) is 18.0 Å². The van der Waals surface area contributed by atoms with Crippen molar-refractivity contribution in [2.24, 2.45) is 0 Å². The summed E-state index contributed by atoms with van der Waals surface area (Å²) in [5.74, 6) is 0.823. The van der Waals surface area contributed by atoms with E-state index in [0.29, 0.717) is 0 Å². The Balaban J connectivity index is 2.58. The molecule has 0 fully saturated rings. The molecule has 2 rings (SSSR count). The lowest BCUT2D eigenvalue weighted by atomic mass is 10.0. The largest absolute Gasteiger partial charge is 0.493 e. The Morgan fingerprint density at radius 3 is 2.80 bits per heavy atom. The van der Waals surface area contributed by atoms with Gasteiger partial charge in [-0.2, -0.15) is 5.10 Å². The van der Waals surface area contributed by atoms with Crippen LogP contribution in [-0.2, 0) is 6.54 Å². The van der Waals surface area contributed by atoms with Crippen molar-refractivity contribution in [2.45, 2.75) is 26.4 Å². The van der Waals surface area contributed by atoms with E-state index in [1.165, 1.54) is 14.7 Å². The van der Waals surface area contributed by atoms with Gasteiger partial charge in [-0.15, -0.1) is 0 Å². The third-order valence-electron chi connectivity index (χ3n) is 3.46. The number of nitrogens with one attached hydrogen (secondary N) is 1. The number of ether oxygens (including phenoxy) is 1. The molecule has 1 atom stereocenters. The molecule has 0 aliphatic carbocycles. The van der Waals surface area contributed by atoms with E-state index in [9.17, 15) is 0 Å². The van der Waals surface area contributed by atoms with Gasteiger partial charge in [-0.3, -0.25) is 4.68 Å². The van der Waals surface area contributed by atoms with Crippen molar-refractivity contribution in [3.05, 3.63) is 44.8 Å². The Hall–Kier alpha value is -1.08. The van der Waals surface area contributed by atoms with Gasteiger partial charge in [0.25, 0.3) is 0 Å². The molecule has 0 bridgehead atoms. The van der Waals surface area contributed by atoms with Gasteiger partial charge in [-0.25, -0.2) is 0 Å². The minimum atomic E-state index is 0.0687. The summed E-state index contributed by atoms with van der Waals surface area (Å²) < 4.78 is 8.73. The van der Waals surface area contributed by atoms with Crippen molar-refractivity contribution in [3.63, 3.8) is 0 Å². The number of methoxy groups -OCH3 is 1. The van der Waals surface area contributed by atoms with Gasteiger partial charge in [0.15, 0.2) is 5.75 Å². The molecule has 0 aliphatic rings. The number of hydrogen-bond donors (Lipinski definition) is 1. The molecule has 0 spiro atoms. The van der Waals surface area contributed by atoms with E-state index in [4.69, 9.17) is 4.74 Å². The zero-order valence-corrected chi connectivity index (χ0v) is 14.4. The smallest absolute Gasteiger partial charge is 0.161 e. The van der Waals surface area contributed by atoms with Crippen LogP contribution in [0, 0.1) is 10.5 Å². The van der Waals surface area contributed by atoms with Crippen LogP contribution in [0.3, 0.4) is 0 Å². The van der Waals surface area contributed by atoms with Crippen molar-refractivity contribution in [3.8, 4) is 5.75 Å². The van der Waals surface area contributed by atoms with Crippen LogP contribution in [0.2, 0.25) is 0 Å². The Bertz CT molecular complexity index is 573. The molecule has 4 nitrogen and oxygen atoms in total. The topological polar surface area (TPSA) is 39.1 Å². The second-order valence-corrected chi connectivity index (χ2v) is 5.69. The van der Waals surface area contributed by atoms with Gasteiger partial charge < -0.3 is 10.1 Å². The standard InChI is InChI=1S/C15H20IN3O/c1-5-19-15(12(20-4)9-18-19)14(17-3)11-8-6-7-10(2)13(11)16/h6-9,14,17H,5H2,1-4H3. The molecule has 5 heteroatoms. The van der Waals surface area contributed by atoms with Crippen LogP contribution < -0.4 is 10.1 Å². The van der Waals surface area contributed by atoms with E-state index in [2.05, 4.69) is 65.1 Å².